The molecule has 0 aromatic heterocycles. The molecule has 230 valence electrons. The van der Waals surface area contributed by atoms with E-state index in [1.54, 1.807) is 20.8 Å². The first kappa shape index (κ1) is 32.3. The van der Waals surface area contributed by atoms with Crippen LogP contribution in [0, 0.1) is 10.1 Å². The van der Waals surface area contributed by atoms with E-state index in [9.17, 15) is 20.0 Å². The molecule has 0 heterocycles. The van der Waals surface area contributed by atoms with Crippen LogP contribution in [0.25, 0.3) is 0 Å². The van der Waals surface area contributed by atoms with Gasteiger partial charge in [-0.05, 0) is 43.5 Å². The average Bonchev–Trinajstić information content (AvgIpc) is 3.02. The number of ether oxygens (including phenoxy) is 3. The SMILES string of the molecule is COCOc1cc([N+](=O)[O-])c(C[C@H](NC(c2ccccc2)(c2ccccc2)c2ccccc2)C(=O)OC(C)(C)C)cc1CO. The number of benzene rings is 4. The summed E-state index contributed by atoms with van der Waals surface area (Å²) in [4.78, 5) is 25.8. The van der Waals surface area contributed by atoms with Crippen molar-refractivity contribution in [3.8, 4) is 5.75 Å². The Morgan fingerprint density at radius 1 is 0.864 bits per heavy atom. The first-order chi connectivity index (χ1) is 21.1. The molecule has 0 fully saturated rings. The Bertz CT molecular complexity index is 1440. The van der Waals surface area contributed by atoms with E-state index >= 15 is 0 Å². The van der Waals surface area contributed by atoms with Crippen LogP contribution in [0.3, 0.4) is 0 Å². The lowest BCUT2D eigenvalue weighted by atomic mass is 9.76. The van der Waals surface area contributed by atoms with Gasteiger partial charge in [0.05, 0.1) is 23.1 Å². The number of nitro groups is 1. The van der Waals surface area contributed by atoms with Crippen LogP contribution in [-0.4, -0.2) is 41.5 Å². The minimum atomic E-state index is -1.06. The van der Waals surface area contributed by atoms with Crippen LogP contribution in [-0.2, 0) is 32.8 Å². The van der Waals surface area contributed by atoms with E-state index in [-0.39, 0.29) is 30.2 Å². The lowest BCUT2D eigenvalue weighted by molar-refractivity contribution is -0.385. The molecule has 9 nitrogen and oxygen atoms in total. The number of hydrogen-bond donors (Lipinski definition) is 2. The molecule has 0 unspecified atom stereocenters. The maximum absolute atomic E-state index is 14.0. The molecule has 2 N–H and O–H groups in total. The molecule has 0 bridgehead atoms. The summed E-state index contributed by atoms with van der Waals surface area (Å²) >= 11 is 0. The van der Waals surface area contributed by atoms with E-state index in [1.807, 2.05) is 91.0 Å². The second kappa shape index (κ2) is 14.3. The maximum Gasteiger partial charge on any atom is 0.324 e. The number of nitrogens with zero attached hydrogens (tertiary/aromatic N) is 1. The van der Waals surface area contributed by atoms with Gasteiger partial charge in [-0.3, -0.25) is 20.2 Å². The second-order valence-corrected chi connectivity index (χ2v) is 11.3. The van der Waals surface area contributed by atoms with E-state index in [2.05, 4.69) is 5.32 Å². The van der Waals surface area contributed by atoms with Crippen molar-refractivity contribution in [2.45, 2.75) is 51.0 Å². The minimum absolute atomic E-state index is 0.114. The normalized spacial score (nSPS) is 12.4. The van der Waals surface area contributed by atoms with Crippen LogP contribution in [0.15, 0.2) is 103 Å². The molecule has 1 atom stereocenters. The fraction of sp³-hybridized carbons (Fsp3) is 0.286. The van der Waals surface area contributed by atoms with Gasteiger partial charge in [0.15, 0.2) is 6.79 Å². The van der Waals surface area contributed by atoms with Crippen molar-refractivity contribution in [1.29, 1.82) is 0 Å². The number of hydrogen-bond acceptors (Lipinski definition) is 8. The van der Waals surface area contributed by atoms with Gasteiger partial charge in [0, 0.05) is 24.7 Å². The van der Waals surface area contributed by atoms with Gasteiger partial charge < -0.3 is 19.3 Å². The molecule has 0 aliphatic carbocycles. The van der Waals surface area contributed by atoms with Crippen molar-refractivity contribution in [3.63, 3.8) is 0 Å². The third-order valence-corrected chi connectivity index (χ3v) is 7.09. The first-order valence-electron chi connectivity index (χ1n) is 14.3. The molecule has 9 heteroatoms. The molecule has 0 saturated heterocycles. The number of aliphatic hydroxyl groups excluding tert-OH is 1. The Balaban J connectivity index is 1.94. The topological polar surface area (TPSA) is 120 Å². The zero-order valence-electron chi connectivity index (χ0n) is 25.4. The van der Waals surface area contributed by atoms with E-state index in [0.717, 1.165) is 16.7 Å². The van der Waals surface area contributed by atoms with Crippen molar-refractivity contribution in [3.05, 3.63) is 141 Å². The fourth-order valence-electron chi connectivity index (χ4n) is 5.24. The maximum atomic E-state index is 14.0. The summed E-state index contributed by atoms with van der Waals surface area (Å²) in [5.74, 6) is -0.456. The predicted molar refractivity (Wildman–Crippen MR) is 167 cm³/mol. The van der Waals surface area contributed by atoms with Crippen LogP contribution in [0.5, 0.6) is 5.75 Å². The molecule has 44 heavy (non-hydrogen) atoms. The van der Waals surface area contributed by atoms with Gasteiger partial charge >= 0.3 is 5.97 Å². The molecule has 0 saturated carbocycles. The summed E-state index contributed by atoms with van der Waals surface area (Å²) in [5, 5.41) is 26.0. The van der Waals surface area contributed by atoms with Gasteiger partial charge in [-0.25, -0.2) is 0 Å². The number of rotatable bonds is 13. The van der Waals surface area contributed by atoms with Gasteiger partial charge in [-0.1, -0.05) is 91.0 Å². The predicted octanol–water partition coefficient (Wildman–Crippen LogP) is 5.90. The molecule has 0 radical (unpaired) electrons. The first-order valence-corrected chi connectivity index (χ1v) is 14.3. The highest BCUT2D eigenvalue weighted by Crippen LogP contribution is 2.38. The molecule has 4 aromatic carbocycles. The van der Waals surface area contributed by atoms with Crippen molar-refractivity contribution in [2.75, 3.05) is 13.9 Å². The van der Waals surface area contributed by atoms with Gasteiger partial charge in [-0.2, -0.15) is 0 Å². The lowest BCUT2D eigenvalue weighted by Crippen LogP contribution is -2.54. The van der Waals surface area contributed by atoms with E-state index in [4.69, 9.17) is 14.2 Å². The van der Waals surface area contributed by atoms with Gasteiger partial charge in [0.1, 0.15) is 17.4 Å². The van der Waals surface area contributed by atoms with Crippen LogP contribution in [0.1, 0.15) is 48.6 Å². The zero-order valence-corrected chi connectivity index (χ0v) is 25.4. The third-order valence-electron chi connectivity index (χ3n) is 7.09. The number of carbonyl (C=O) groups is 1. The van der Waals surface area contributed by atoms with Crippen LogP contribution >= 0.6 is 0 Å². The Morgan fingerprint density at radius 2 is 1.36 bits per heavy atom. The number of carbonyl (C=O) groups excluding carboxylic acids is 1. The van der Waals surface area contributed by atoms with Crippen LogP contribution < -0.4 is 10.1 Å². The molecule has 4 rings (SSSR count). The quantitative estimate of drug-likeness (QED) is 0.0641. The highest BCUT2D eigenvalue weighted by Gasteiger charge is 2.41. The Morgan fingerprint density at radius 3 is 1.77 bits per heavy atom. The van der Waals surface area contributed by atoms with E-state index in [1.165, 1.54) is 19.2 Å². The van der Waals surface area contributed by atoms with Crippen molar-refractivity contribution >= 4 is 11.7 Å². The van der Waals surface area contributed by atoms with Crippen LogP contribution in [0.4, 0.5) is 5.69 Å². The Labute approximate surface area is 257 Å². The van der Waals surface area contributed by atoms with E-state index < -0.39 is 34.7 Å². The molecule has 0 amide bonds. The van der Waals surface area contributed by atoms with Crippen molar-refractivity contribution in [2.24, 2.45) is 0 Å². The standard InChI is InChI=1S/C35H38N2O7/c1-34(2,3)44-33(39)30(21-25-20-26(23-38)32(43-24-42-4)22-31(25)37(40)41)36-35(27-14-8-5-9-15-27,28-16-10-6-11-17-28)29-18-12-7-13-19-29/h5-20,22,30,36,38H,21,23-24H2,1-4H3/t30-/m0/s1. The summed E-state index contributed by atoms with van der Waals surface area (Å²) in [6.07, 6.45) is -0.114. The van der Waals surface area contributed by atoms with Gasteiger partial charge in [0.25, 0.3) is 5.69 Å². The summed E-state index contributed by atoms with van der Waals surface area (Å²) in [7, 11) is 1.43. The minimum Gasteiger partial charge on any atom is -0.467 e. The fourth-order valence-corrected chi connectivity index (χ4v) is 5.24. The lowest BCUT2D eigenvalue weighted by Gasteiger charge is -2.40. The molecule has 0 spiro atoms. The smallest absolute Gasteiger partial charge is 0.324 e. The van der Waals surface area contributed by atoms with Gasteiger partial charge in [0.2, 0.25) is 0 Å². The third kappa shape index (κ3) is 7.49. The summed E-state index contributed by atoms with van der Waals surface area (Å²) in [6.45, 7) is 4.73. The zero-order chi connectivity index (χ0) is 31.7. The largest absolute Gasteiger partial charge is 0.467 e. The molecule has 4 aromatic rings. The van der Waals surface area contributed by atoms with Crippen molar-refractivity contribution in [1.82, 2.24) is 5.32 Å². The second-order valence-electron chi connectivity index (χ2n) is 11.3. The van der Waals surface area contributed by atoms with Crippen molar-refractivity contribution < 1.29 is 29.0 Å². The Kier molecular flexibility index (Phi) is 10.5. The summed E-state index contributed by atoms with van der Waals surface area (Å²) < 4.78 is 16.4. The number of methoxy groups -OCH3 is 1. The number of esters is 1. The average molecular weight is 599 g/mol. The molecule has 0 aliphatic heterocycles. The number of nitrogens with one attached hydrogen (secondary N) is 1. The number of aliphatic hydroxyl groups is 1. The van der Waals surface area contributed by atoms with Crippen LogP contribution in [0.2, 0.25) is 0 Å². The number of nitro benzene ring substituents is 1. The highest BCUT2D eigenvalue weighted by atomic mass is 16.7. The van der Waals surface area contributed by atoms with E-state index in [0.29, 0.717) is 5.56 Å². The summed E-state index contributed by atoms with van der Waals surface area (Å²) in [5.41, 5.74) is 1.00. The monoisotopic (exact) mass is 598 g/mol. The molecule has 0 aliphatic rings. The Hall–Kier alpha value is -4.57. The molecular weight excluding hydrogens is 560 g/mol. The molecular formula is C35H38N2O7. The highest BCUT2D eigenvalue weighted by molar-refractivity contribution is 5.78. The van der Waals surface area contributed by atoms with Gasteiger partial charge in [-0.15, -0.1) is 0 Å². The summed E-state index contributed by atoms with van der Waals surface area (Å²) in [6, 6.07) is 30.9.